The summed E-state index contributed by atoms with van der Waals surface area (Å²) in [6.45, 7) is 11.6. The molecule has 0 radical (unpaired) electrons. The molecule has 114 valence electrons. The number of hydrogen-bond donors (Lipinski definition) is 2. The maximum absolute atomic E-state index is 8.97. The first kappa shape index (κ1) is 17.5. The number of anilines is 1. The van der Waals surface area contributed by atoms with E-state index in [4.69, 9.17) is 5.11 Å². The quantitative estimate of drug-likeness (QED) is 0.795. The summed E-state index contributed by atoms with van der Waals surface area (Å²) in [4.78, 5) is 2.28. The Kier molecular flexibility index (Phi) is 7.00. The van der Waals surface area contributed by atoms with Crippen molar-refractivity contribution in [3.05, 3.63) is 28.2 Å². The summed E-state index contributed by atoms with van der Waals surface area (Å²) in [5.74, 6) is 0. The van der Waals surface area contributed by atoms with Crippen molar-refractivity contribution in [3.8, 4) is 0 Å². The van der Waals surface area contributed by atoms with Gasteiger partial charge in [0.05, 0.1) is 5.69 Å². The fourth-order valence-electron chi connectivity index (χ4n) is 1.99. The van der Waals surface area contributed by atoms with Crippen LogP contribution in [0.5, 0.6) is 0 Å². The number of rotatable bonds is 7. The van der Waals surface area contributed by atoms with Crippen LogP contribution in [0.1, 0.15) is 39.7 Å². The van der Waals surface area contributed by atoms with Crippen LogP contribution < -0.4 is 10.2 Å². The van der Waals surface area contributed by atoms with Crippen LogP contribution in [0, 0.1) is 0 Å². The van der Waals surface area contributed by atoms with Crippen molar-refractivity contribution in [3.63, 3.8) is 0 Å². The van der Waals surface area contributed by atoms with Gasteiger partial charge in [0.1, 0.15) is 0 Å². The molecule has 0 aliphatic rings. The van der Waals surface area contributed by atoms with Gasteiger partial charge in [0.25, 0.3) is 0 Å². The zero-order valence-electron chi connectivity index (χ0n) is 13.0. The second kappa shape index (κ2) is 8.01. The Bertz CT molecular complexity index is 415. The van der Waals surface area contributed by atoms with Crippen LogP contribution in [0.25, 0.3) is 0 Å². The summed E-state index contributed by atoms with van der Waals surface area (Å²) in [6.07, 6.45) is 0.799. The van der Waals surface area contributed by atoms with E-state index < -0.39 is 0 Å². The van der Waals surface area contributed by atoms with Crippen molar-refractivity contribution in [1.29, 1.82) is 0 Å². The Morgan fingerprint density at radius 3 is 2.50 bits per heavy atom. The SMILES string of the molecule is CCN(CCCO)c1ccc(CNC(C)(C)C)cc1Br. The maximum atomic E-state index is 8.97. The van der Waals surface area contributed by atoms with Gasteiger partial charge in [0.15, 0.2) is 0 Å². The molecule has 20 heavy (non-hydrogen) atoms. The highest BCUT2D eigenvalue weighted by Crippen LogP contribution is 2.27. The van der Waals surface area contributed by atoms with Gasteiger partial charge in [-0.3, -0.25) is 0 Å². The van der Waals surface area contributed by atoms with Gasteiger partial charge in [-0.25, -0.2) is 0 Å². The fourth-order valence-corrected chi connectivity index (χ4v) is 2.67. The molecular weight excluding hydrogens is 316 g/mol. The Hall–Kier alpha value is -0.580. The lowest BCUT2D eigenvalue weighted by molar-refractivity contribution is 0.289. The number of aliphatic hydroxyl groups excluding tert-OH is 1. The van der Waals surface area contributed by atoms with Crippen molar-refractivity contribution in [2.75, 3.05) is 24.6 Å². The molecule has 4 heteroatoms. The molecule has 0 bridgehead atoms. The molecule has 0 saturated carbocycles. The monoisotopic (exact) mass is 342 g/mol. The molecule has 0 unspecified atom stereocenters. The van der Waals surface area contributed by atoms with Gasteiger partial charge >= 0.3 is 0 Å². The molecule has 1 rings (SSSR count). The average Bonchev–Trinajstić information content (AvgIpc) is 2.38. The normalized spacial score (nSPS) is 11.7. The summed E-state index contributed by atoms with van der Waals surface area (Å²) in [6, 6.07) is 6.50. The molecule has 0 aromatic heterocycles. The molecule has 0 aliphatic heterocycles. The zero-order valence-corrected chi connectivity index (χ0v) is 14.6. The van der Waals surface area contributed by atoms with Crippen molar-refractivity contribution in [2.24, 2.45) is 0 Å². The first-order chi connectivity index (χ1) is 9.37. The molecule has 3 nitrogen and oxygen atoms in total. The lowest BCUT2D eigenvalue weighted by Gasteiger charge is -2.25. The van der Waals surface area contributed by atoms with Crippen LogP contribution in [0.3, 0.4) is 0 Å². The van der Waals surface area contributed by atoms with E-state index in [1.165, 1.54) is 11.3 Å². The van der Waals surface area contributed by atoms with Gasteiger partial charge in [-0.2, -0.15) is 0 Å². The third-order valence-corrected chi connectivity index (χ3v) is 3.78. The van der Waals surface area contributed by atoms with Crippen molar-refractivity contribution < 1.29 is 5.11 Å². The molecule has 1 aromatic carbocycles. The molecule has 0 atom stereocenters. The van der Waals surface area contributed by atoms with Crippen molar-refractivity contribution in [2.45, 2.75) is 46.2 Å². The van der Waals surface area contributed by atoms with Crippen LogP contribution in [0.15, 0.2) is 22.7 Å². The summed E-state index contributed by atoms with van der Waals surface area (Å²) in [5.41, 5.74) is 2.59. The van der Waals surface area contributed by atoms with Gasteiger partial charge in [0, 0.05) is 36.3 Å². The third kappa shape index (κ3) is 5.81. The molecule has 0 heterocycles. The number of nitrogens with one attached hydrogen (secondary N) is 1. The maximum Gasteiger partial charge on any atom is 0.0510 e. The van der Waals surface area contributed by atoms with E-state index in [9.17, 15) is 0 Å². The van der Waals surface area contributed by atoms with E-state index in [1.54, 1.807) is 0 Å². The minimum atomic E-state index is 0.127. The molecule has 0 spiro atoms. The number of halogens is 1. The van der Waals surface area contributed by atoms with Crippen LogP contribution in [0.2, 0.25) is 0 Å². The van der Waals surface area contributed by atoms with Crippen LogP contribution >= 0.6 is 15.9 Å². The van der Waals surface area contributed by atoms with Gasteiger partial charge in [-0.1, -0.05) is 6.07 Å². The second-order valence-electron chi connectivity index (χ2n) is 6.05. The Labute approximate surface area is 131 Å². The van der Waals surface area contributed by atoms with E-state index in [0.29, 0.717) is 0 Å². The number of benzene rings is 1. The van der Waals surface area contributed by atoms with Crippen LogP contribution in [-0.4, -0.2) is 30.3 Å². The smallest absolute Gasteiger partial charge is 0.0510 e. The highest BCUT2D eigenvalue weighted by atomic mass is 79.9. The molecule has 1 aromatic rings. The largest absolute Gasteiger partial charge is 0.396 e. The van der Waals surface area contributed by atoms with E-state index in [1.807, 2.05) is 0 Å². The van der Waals surface area contributed by atoms with Gasteiger partial charge in [0.2, 0.25) is 0 Å². The van der Waals surface area contributed by atoms with Crippen molar-refractivity contribution >= 4 is 21.6 Å². The van der Waals surface area contributed by atoms with E-state index in [2.05, 4.69) is 72.0 Å². The Morgan fingerprint density at radius 2 is 2.00 bits per heavy atom. The van der Waals surface area contributed by atoms with Crippen molar-refractivity contribution in [1.82, 2.24) is 5.32 Å². The Balaban J connectivity index is 2.76. The minimum Gasteiger partial charge on any atom is -0.396 e. The molecule has 0 fully saturated rings. The standard InChI is InChI=1S/C16H27BrN2O/c1-5-19(9-6-10-20)15-8-7-13(11-14(15)17)12-18-16(2,3)4/h7-8,11,18,20H,5-6,9-10,12H2,1-4H3. The lowest BCUT2D eigenvalue weighted by Crippen LogP contribution is -2.35. The number of nitrogens with zero attached hydrogens (tertiary/aromatic N) is 1. The topological polar surface area (TPSA) is 35.5 Å². The fraction of sp³-hybridized carbons (Fsp3) is 0.625. The van der Waals surface area contributed by atoms with Crippen LogP contribution in [0.4, 0.5) is 5.69 Å². The van der Waals surface area contributed by atoms with Gasteiger partial charge in [-0.15, -0.1) is 0 Å². The molecule has 0 aliphatic carbocycles. The minimum absolute atomic E-state index is 0.127. The first-order valence-corrected chi connectivity index (χ1v) is 8.06. The van der Waals surface area contributed by atoms with Gasteiger partial charge < -0.3 is 15.3 Å². The summed E-state index contributed by atoms with van der Waals surface area (Å²) in [7, 11) is 0. The number of aliphatic hydroxyl groups is 1. The molecular formula is C16H27BrN2O. The molecule has 0 amide bonds. The van der Waals surface area contributed by atoms with Crippen LogP contribution in [-0.2, 0) is 6.54 Å². The van der Waals surface area contributed by atoms with E-state index in [-0.39, 0.29) is 12.1 Å². The predicted octanol–water partition coefficient (Wildman–Crippen LogP) is 3.55. The Morgan fingerprint density at radius 1 is 1.30 bits per heavy atom. The summed E-state index contributed by atoms with van der Waals surface area (Å²) in [5, 5.41) is 12.5. The number of hydrogen-bond acceptors (Lipinski definition) is 3. The first-order valence-electron chi connectivity index (χ1n) is 7.26. The highest BCUT2D eigenvalue weighted by molar-refractivity contribution is 9.10. The van der Waals surface area contributed by atoms with E-state index >= 15 is 0 Å². The second-order valence-corrected chi connectivity index (χ2v) is 6.90. The predicted molar refractivity (Wildman–Crippen MR) is 90.3 cm³/mol. The average molecular weight is 343 g/mol. The van der Waals surface area contributed by atoms with Gasteiger partial charge in [-0.05, 0) is 67.7 Å². The van der Waals surface area contributed by atoms with E-state index in [0.717, 1.165) is 30.5 Å². The molecule has 2 N–H and O–H groups in total. The third-order valence-electron chi connectivity index (χ3n) is 3.14. The highest BCUT2D eigenvalue weighted by Gasteiger charge is 2.11. The summed E-state index contributed by atoms with van der Waals surface area (Å²) < 4.78 is 1.12. The zero-order chi connectivity index (χ0) is 15.2. The summed E-state index contributed by atoms with van der Waals surface area (Å²) >= 11 is 3.67. The lowest BCUT2D eigenvalue weighted by atomic mass is 10.1. The molecule has 0 saturated heterocycles.